The molecule has 1 aliphatic heterocycles. The summed E-state index contributed by atoms with van der Waals surface area (Å²) >= 11 is 5.75. The first-order chi connectivity index (χ1) is 7.88. The van der Waals surface area contributed by atoms with Gasteiger partial charge in [-0.15, -0.1) is 0 Å². The maximum absolute atomic E-state index is 12.6. The molecule has 0 aliphatic carbocycles. The molecule has 0 bridgehead atoms. The Morgan fingerprint density at radius 3 is 2.53 bits per heavy atom. The zero-order chi connectivity index (χ0) is 12.6. The van der Waals surface area contributed by atoms with Gasteiger partial charge < -0.3 is 5.11 Å². The molecule has 2 nitrogen and oxygen atoms in total. The molecule has 17 heavy (non-hydrogen) atoms. The zero-order valence-electron chi connectivity index (χ0n) is 8.84. The van der Waals surface area contributed by atoms with E-state index in [1.807, 2.05) is 4.90 Å². The number of aliphatic hydroxyl groups is 1. The average Bonchev–Trinajstić information content (AvgIpc) is 2.16. The minimum Gasteiger partial charge on any atom is -0.390 e. The van der Waals surface area contributed by atoms with E-state index in [0.717, 1.165) is 6.07 Å². The molecule has 1 heterocycles. The number of likely N-dealkylation sites (tertiary alicyclic amines) is 1. The Hall–Kier alpha value is -0.780. The Morgan fingerprint density at radius 1 is 1.35 bits per heavy atom. The van der Waals surface area contributed by atoms with Crippen molar-refractivity contribution >= 4 is 11.6 Å². The smallest absolute Gasteiger partial charge is 0.390 e. The Morgan fingerprint density at radius 2 is 2.00 bits per heavy atom. The van der Waals surface area contributed by atoms with E-state index >= 15 is 0 Å². The Kier molecular flexibility index (Phi) is 3.34. The second kappa shape index (κ2) is 4.48. The van der Waals surface area contributed by atoms with Crippen LogP contribution in [0.2, 0.25) is 5.02 Å². The lowest BCUT2D eigenvalue weighted by atomic mass is 10.1. The molecule has 0 aromatic heterocycles. The van der Waals surface area contributed by atoms with Gasteiger partial charge in [0, 0.05) is 19.6 Å². The van der Waals surface area contributed by atoms with E-state index in [1.165, 1.54) is 6.07 Å². The standard InChI is InChI=1S/C11H11ClF3NO/c12-10-7(4-16-5-8(17)6-16)2-1-3-9(10)11(13,14)15/h1-3,8,17H,4-6H2. The minimum absolute atomic E-state index is 0.249. The molecule has 94 valence electrons. The first-order valence-corrected chi connectivity index (χ1v) is 5.50. The lowest BCUT2D eigenvalue weighted by Gasteiger charge is -2.36. The van der Waals surface area contributed by atoms with Gasteiger partial charge in [-0.3, -0.25) is 4.90 Å². The summed E-state index contributed by atoms with van der Waals surface area (Å²) < 4.78 is 37.8. The molecule has 2 rings (SSSR count). The number of halogens is 4. The predicted octanol–water partition coefficient (Wildman–Crippen LogP) is 2.54. The SMILES string of the molecule is OC1CN(Cc2cccc(C(F)(F)F)c2Cl)C1. The van der Waals surface area contributed by atoms with Gasteiger partial charge in [0.2, 0.25) is 0 Å². The lowest BCUT2D eigenvalue weighted by molar-refractivity contribution is -0.137. The number of hydrogen-bond acceptors (Lipinski definition) is 2. The summed E-state index contributed by atoms with van der Waals surface area (Å²) in [7, 11) is 0. The summed E-state index contributed by atoms with van der Waals surface area (Å²) in [5, 5.41) is 8.85. The first-order valence-electron chi connectivity index (χ1n) is 5.13. The summed E-state index contributed by atoms with van der Waals surface area (Å²) in [5.74, 6) is 0. The summed E-state index contributed by atoms with van der Waals surface area (Å²) in [4.78, 5) is 1.84. The molecule has 0 radical (unpaired) electrons. The van der Waals surface area contributed by atoms with Crippen LogP contribution < -0.4 is 0 Å². The van der Waals surface area contributed by atoms with Gasteiger partial charge in [-0.2, -0.15) is 13.2 Å². The van der Waals surface area contributed by atoms with Crippen LogP contribution in [0.3, 0.4) is 0 Å². The Labute approximate surface area is 102 Å². The highest BCUT2D eigenvalue weighted by molar-refractivity contribution is 6.32. The number of nitrogens with zero attached hydrogens (tertiary/aromatic N) is 1. The van der Waals surface area contributed by atoms with Crippen LogP contribution in [0.15, 0.2) is 18.2 Å². The fourth-order valence-corrected chi connectivity index (χ4v) is 2.13. The quantitative estimate of drug-likeness (QED) is 0.888. The summed E-state index contributed by atoms with van der Waals surface area (Å²) in [6, 6.07) is 3.89. The van der Waals surface area contributed by atoms with Crippen molar-refractivity contribution in [2.24, 2.45) is 0 Å². The number of β-amino-alcohol motifs (C(OH)–C–C–N with tert-alkyl or cyclic N) is 1. The molecule has 6 heteroatoms. The number of aliphatic hydroxyl groups excluding tert-OH is 1. The van der Waals surface area contributed by atoms with Crippen LogP contribution in [0.4, 0.5) is 13.2 Å². The maximum atomic E-state index is 12.6. The average molecular weight is 266 g/mol. The third-order valence-electron chi connectivity index (χ3n) is 2.72. The highest BCUT2D eigenvalue weighted by Crippen LogP contribution is 2.36. The van der Waals surface area contributed by atoms with Crippen LogP contribution in [-0.2, 0) is 12.7 Å². The van der Waals surface area contributed by atoms with E-state index in [4.69, 9.17) is 16.7 Å². The van der Waals surface area contributed by atoms with Crippen molar-refractivity contribution in [2.75, 3.05) is 13.1 Å². The Balaban J connectivity index is 2.18. The lowest BCUT2D eigenvalue weighted by Crippen LogP contribution is -2.49. The van der Waals surface area contributed by atoms with Gasteiger partial charge in [-0.25, -0.2) is 0 Å². The topological polar surface area (TPSA) is 23.5 Å². The number of rotatable bonds is 2. The monoisotopic (exact) mass is 265 g/mol. The molecule has 0 unspecified atom stereocenters. The van der Waals surface area contributed by atoms with Crippen molar-refractivity contribution in [3.8, 4) is 0 Å². The van der Waals surface area contributed by atoms with Gasteiger partial charge in [0.05, 0.1) is 16.7 Å². The predicted molar refractivity (Wildman–Crippen MR) is 57.7 cm³/mol. The minimum atomic E-state index is -4.43. The second-order valence-corrected chi connectivity index (χ2v) is 4.50. The molecule has 0 spiro atoms. The third kappa shape index (κ3) is 2.73. The highest BCUT2D eigenvalue weighted by Gasteiger charge is 2.34. The fraction of sp³-hybridized carbons (Fsp3) is 0.455. The zero-order valence-corrected chi connectivity index (χ0v) is 9.59. The number of hydrogen-bond donors (Lipinski definition) is 1. The van der Waals surface area contributed by atoms with E-state index in [2.05, 4.69) is 0 Å². The van der Waals surface area contributed by atoms with E-state index in [9.17, 15) is 13.2 Å². The van der Waals surface area contributed by atoms with Crippen molar-refractivity contribution in [1.29, 1.82) is 0 Å². The molecule has 0 saturated carbocycles. The van der Waals surface area contributed by atoms with Gasteiger partial charge in [0.25, 0.3) is 0 Å². The van der Waals surface area contributed by atoms with E-state index < -0.39 is 11.7 Å². The molecular weight excluding hydrogens is 255 g/mol. The van der Waals surface area contributed by atoms with Gasteiger partial charge in [0.15, 0.2) is 0 Å². The van der Waals surface area contributed by atoms with Gasteiger partial charge in [-0.05, 0) is 11.6 Å². The van der Waals surface area contributed by atoms with E-state index in [0.29, 0.717) is 25.2 Å². The summed E-state index contributed by atoms with van der Waals surface area (Å²) in [6.45, 7) is 1.29. The molecule has 1 fully saturated rings. The van der Waals surface area contributed by atoms with Crippen LogP contribution in [0.25, 0.3) is 0 Å². The van der Waals surface area contributed by atoms with Crippen LogP contribution >= 0.6 is 11.6 Å². The second-order valence-electron chi connectivity index (χ2n) is 4.12. The molecule has 1 aliphatic rings. The number of benzene rings is 1. The molecule has 0 amide bonds. The number of alkyl halides is 3. The summed E-state index contributed by atoms with van der Waals surface area (Å²) in [6.07, 6.45) is -4.80. The fourth-order valence-electron chi connectivity index (χ4n) is 1.83. The molecule has 1 saturated heterocycles. The van der Waals surface area contributed by atoms with Crippen molar-refractivity contribution in [3.63, 3.8) is 0 Å². The third-order valence-corrected chi connectivity index (χ3v) is 3.16. The van der Waals surface area contributed by atoms with Gasteiger partial charge in [-0.1, -0.05) is 23.7 Å². The summed E-state index contributed by atoms with van der Waals surface area (Å²) in [5.41, 5.74) is -0.369. The van der Waals surface area contributed by atoms with Crippen molar-refractivity contribution in [1.82, 2.24) is 4.90 Å². The van der Waals surface area contributed by atoms with E-state index in [-0.39, 0.29) is 11.1 Å². The highest BCUT2D eigenvalue weighted by atomic mass is 35.5. The molecule has 1 aromatic carbocycles. The van der Waals surface area contributed by atoms with Crippen LogP contribution in [0.5, 0.6) is 0 Å². The van der Waals surface area contributed by atoms with E-state index in [1.54, 1.807) is 6.07 Å². The van der Waals surface area contributed by atoms with Crippen LogP contribution in [0, 0.1) is 0 Å². The molecule has 1 N–H and O–H groups in total. The van der Waals surface area contributed by atoms with Crippen LogP contribution in [-0.4, -0.2) is 29.2 Å². The Bertz CT molecular complexity index is 416. The molecular formula is C11H11ClF3NO. The van der Waals surface area contributed by atoms with Crippen molar-refractivity contribution < 1.29 is 18.3 Å². The normalized spacial score (nSPS) is 18.2. The first kappa shape index (κ1) is 12.7. The van der Waals surface area contributed by atoms with Crippen molar-refractivity contribution in [2.45, 2.75) is 18.8 Å². The molecule has 1 aromatic rings. The van der Waals surface area contributed by atoms with Crippen LogP contribution in [0.1, 0.15) is 11.1 Å². The van der Waals surface area contributed by atoms with Gasteiger partial charge >= 0.3 is 6.18 Å². The molecule has 0 atom stereocenters. The maximum Gasteiger partial charge on any atom is 0.417 e. The van der Waals surface area contributed by atoms with Gasteiger partial charge in [0.1, 0.15) is 0 Å². The largest absolute Gasteiger partial charge is 0.417 e. The van der Waals surface area contributed by atoms with Crippen molar-refractivity contribution in [3.05, 3.63) is 34.3 Å².